The van der Waals surface area contributed by atoms with Gasteiger partial charge in [-0.1, -0.05) is 30.0 Å². The molecule has 1 heterocycles. The van der Waals surface area contributed by atoms with E-state index in [1.165, 1.54) is 11.8 Å². The van der Waals surface area contributed by atoms with Crippen LogP contribution in [0.15, 0.2) is 42.1 Å². The summed E-state index contributed by atoms with van der Waals surface area (Å²) < 4.78 is 2.11. The van der Waals surface area contributed by atoms with Crippen LogP contribution < -0.4 is 5.32 Å². The number of aromatic nitrogens is 2. The fraction of sp³-hybridized carbons (Fsp3) is 0.375. The molecule has 0 bridgehead atoms. The number of nitrogens with zero attached hydrogens (tertiary/aromatic N) is 2. The zero-order valence-corrected chi connectivity index (χ0v) is 12.9. The Balaban J connectivity index is 1.82. The highest BCUT2D eigenvalue weighted by Gasteiger charge is 2.26. The number of thioether (sulfide) groups is 1. The van der Waals surface area contributed by atoms with Gasteiger partial charge in [0, 0.05) is 12.6 Å². The van der Waals surface area contributed by atoms with E-state index >= 15 is 0 Å². The van der Waals surface area contributed by atoms with E-state index < -0.39 is 0 Å². The number of amides is 1. The normalized spacial score (nSPS) is 15.9. The Morgan fingerprint density at radius 3 is 3.05 bits per heavy atom. The third-order valence-corrected chi connectivity index (χ3v) is 4.60. The Bertz CT molecular complexity index is 675. The van der Waals surface area contributed by atoms with Crippen LogP contribution >= 0.6 is 11.8 Å². The van der Waals surface area contributed by atoms with E-state index in [1.54, 1.807) is 0 Å². The fourth-order valence-corrected chi connectivity index (χ4v) is 3.15. The van der Waals surface area contributed by atoms with Crippen LogP contribution in [0.2, 0.25) is 0 Å². The van der Waals surface area contributed by atoms with E-state index in [0.717, 1.165) is 29.0 Å². The van der Waals surface area contributed by atoms with Crippen LogP contribution in [0.25, 0.3) is 11.0 Å². The summed E-state index contributed by atoms with van der Waals surface area (Å²) >= 11 is 1.51. The van der Waals surface area contributed by atoms with Gasteiger partial charge in [0.05, 0.1) is 16.3 Å². The van der Waals surface area contributed by atoms with Gasteiger partial charge >= 0.3 is 0 Å². The van der Waals surface area contributed by atoms with E-state index in [-0.39, 0.29) is 11.2 Å². The number of fused-ring (bicyclic) bond motifs is 1. The largest absolute Gasteiger partial charge is 0.352 e. The van der Waals surface area contributed by atoms with Crippen LogP contribution in [0.1, 0.15) is 19.8 Å². The molecule has 4 nitrogen and oxygen atoms in total. The van der Waals surface area contributed by atoms with Crippen molar-refractivity contribution in [3.8, 4) is 0 Å². The van der Waals surface area contributed by atoms with E-state index in [2.05, 4.69) is 21.4 Å². The molecular weight excluding hydrogens is 282 g/mol. The molecule has 1 unspecified atom stereocenters. The first kappa shape index (κ1) is 14.2. The molecule has 3 rings (SSSR count). The number of imidazole rings is 1. The van der Waals surface area contributed by atoms with Crippen molar-refractivity contribution in [2.45, 2.75) is 42.8 Å². The summed E-state index contributed by atoms with van der Waals surface area (Å²) in [7, 11) is 0. The lowest BCUT2D eigenvalue weighted by atomic mass is 10.3. The SMILES string of the molecule is C=CCn1c(SC(C)C(=O)NC2CC2)nc2ccccc21. The highest BCUT2D eigenvalue weighted by Crippen LogP contribution is 2.28. The minimum absolute atomic E-state index is 0.0970. The molecule has 1 fully saturated rings. The van der Waals surface area contributed by atoms with Gasteiger partial charge in [-0.25, -0.2) is 4.98 Å². The Hall–Kier alpha value is -1.75. The first-order valence-corrected chi connectivity index (χ1v) is 8.10. The van der Waals surface area contributed by atoms with Gasteiger partial charge < -0.3 is 9.88 Å². The van der Waals surface area contributed by atoms with E-state index in [0.29, 0.717) is 12.6 Å². The maximum absolute atomic E-state index is 12.1. The number of para-hydroxylation sites is 2. The summed E-state index contributed by atoms with van der Waals surface area (Å²) in [4.78, 5) is 16.7. The second kappa shape index (κ2) is 5.93. The highest BCUT2D eigenvalue weighted by atomic mass is 32.2. The number of hydrogen-bond acceptors (Lipinski definition) is 3. The summed E-state index contributed by atoms with van der Waals surface area (Å²) in [6.45, 7) is 6.43. The third-order valence-electron chi connectivity index (χ3n) is 3.51. The Morgan fingerprint density at radius 2 is 2.33 bits per heavy atom. The van der Waals surface area contributed by atoms with Gasteiger partial charge in [0.25, 0.3) is 0 Å². The van der Waals surface area contributed by atoms with Gasteiger partial charge in [-0.3, -0.25) is 4.79 Å². The van der Waals surface area contributed by atoms with E-state index in [4.69, 9.17) is 0 Å². The Kier molecular flexibility index (Phi) is 4.01. The fourth-order valence-electron chi connectivity index (χ4n) is 2.21. The second-order valence-electron chi connectivity index (χ2n) is 5.33. The van der Waals surface area contributed by atoms with Crippen molar-refractivity contribution < 1.29 is 4.79 Å². The molecule has 0 saturated heterocycles. The highest BCUT2D eigenvalue weighted by molar-refractivity contribution is 8.00. The number of carbonyl (C=O) groups excluding carboxylic acids is 1. The smallest absolute Gasteiger partial charge is 0.233 e. The quantitative estimate of drug-likeness (QED) is 0.659. The van der Waals surface area contributed by atoms with E-state index in [9.17, 15) is 4.79 Å². The maximum Gasteiger partial charge on any atom is 0.233 e. The summed E-state index contributed by atoms with van der Waals surface area (Å²) in [5, 5.41) is 3.76. The van der Waals surface area contributed by atoms with Crippen LogP contribution in [-0.2, 0) is 11.3 Å². The van der Waals surface area contributed by atoms with Crippen molar-refractivity contribution >= 4 is 28.7 Å². The lowest BCUT2D eigenvalue weighted by Crippen LogP contribution is -2.32. The summed E-state index contributed by atoms with van der Waals surface area (Å²) in [6.07, 6.45) is 4.07. The van der Waals surface area contributed by atoms with Crippen LogP contribution in [-0.4, -0.2) is 26.8 Å². The van der Waals surface area contributed by atoms with Crippen LogP contribution in [0.5, 0.6) is 0 Å². The lowest BCUT2D eigenvalue weighted by molar-refractivity contribution is -0.120. The number of carbonyl (C=O) groups is 1. The molecule has 2 aromatic rings. The standard InChI is InChI=1S/C16H19N3OS/c1-3-10-19-14-7-5-4-6-13(14)18-16(19)21-11(2)15(20)17-12-8-9-12/h3-7,11-12H,1,8-10H2,2H3,(H,17,20). The average molecular weight is 301 g/mol. The minimum Gasteiger partial charge on any atom is -0.352 e. The van der Waals surface area contributed by atoms with Crippen molar-refractivity contribution in [2.75, 3.05) is 0 Å². The molecule has 1 aromatic carbocycles. The molecule has 1 aromatic heterocycles. The molecule has 1 saturated carbocycles. The van der Waals surface area contributed by atoms with Gasteiger partial charge in [0.2, 0.25) is 5.91 Å². The molecule has 5 heteroatoms. The van der Waals surface area contributed by atoms with Crippen molar-refractivity contribution in [1.82, 2.24) is 14.9 Å². The van der Waals surface area contributed by atoms with Crippen LogP contribution in [0.3, 0.4) is 0 Å². The molecule has 0 aliphatic heterocycles. The number of rotatable bonds is 6. The zero-order valence-electron chi connectivity index (χ0n) is 12.1. The molecule has 110 valence electrons. The summed E-state index contributed by atoms with van der Waals surface area (Å²) in [5.41, 5.74) is 2.03. The topological polar surface area (TPSA) is 46.9 Å². The maximum atomic E-state index is 12.1. The summed E-state index contributed by atoms with van der Waals surface area (Å²) in [5.74, 6) is 0.0970. The predicted octanol–water partition coefficient (Wildman–Crippen LogP) is 2.98. The van der Waals surface area contributed by atoms with Gasteiger partial charge in [-0.2, -0.15) is 0 Å². The third kappa shape index (κ3) is 3.13. The Morgan fingerprint density at radius 1 is 1.57 bits per heavy atom. The summed E-state index contributed by atoms with van der Waals surface area (Å²) in [6, 6.07) is 8.42. The number of allylic oxidation sites excluding steroid dienone is 1. The minimum atomic E-state index is -0.147. The van der Waals surface area contributed by atoms with Crippen molar-refractivity contribution in [1.29, 1.82) is 0 Å². The van der Waals surface area contributed by atoms with Gasteiger partial charge in [-0.05, 0) is 31.9 Å². The first-order chi connectivity index (χ1) is 10.2. The van der Waals surface area contributed by atoms with Crippen molar-refractivity contribution in [2.24, 2.45) is 0 Å². The first-order valence-electron chi connectivity index (χ1n) is 7.22. The predicted molar refractivity (Wildman–Crippen MR) is 86.4 cm³/mol. The van der Waals surface area contributed by atoms with Gasteiger partial charge in [0.1, 0.15) is 0 Å². The van der Waals surface area contributed by atoms with Crippen molar-refractivity contribution in [3.05, 3.63) is 36.9 Å². The molecule has 0 radical (unpaired) electrons. The molecule has 1 aliphatic carbocycles. The van der Waals surface area contributed by atoms with Crippen molar-refractivity contribution in [3.63, 3.8) is 0 Å². The molecule has 1 amide bonds. The van der Waals surface area contributed by atoms with Gasteiger partial charge in [-0.15, -0.1) is 6.58 Å². The average Bonchev–Trinajstić information content (AvgIpc) is 3.22. The Labute approximate surface area is 128 Å². The molecular formula is C16H19N3OS. The number of nitrogens with one attached hydrogen (secondary N) is 1. The molecule has 1 N–H and O–H groups in total. The zero-order chi connectivity index (χ0) is 14.8. The van der Waals surface area contributed by atoms with Crippen LogP contribution in [0, 0.1) is 0 Å². The molecule has 21 heavy (non-hydrogen) atoms. The van der Waals surface area contributed by atoms with Crippen LogP contribution in [0.4, 0.5) is 0 Å². The second-order valence-corrected chi connectivity index (χ2v) is 6.63. The lowest BCUT2D eigenvalue weighted by Gasteiger charge is -2.12. The molecule has 1 aliphatic rings. The monoisotopic (exact) mass is 301 g/mol. The van der Waals surface area contributed by atoms with E-state index in [1.807, 2.05) is 37.3 Å². The number of benzene rings is 1. The molecule has 0 spiro atoms. The molecule has 1 atom stereocenters. The number of hydrogen-bond donors (Lipinski definition) is 1. The van der Waals surface area contributed by atoms with Gasteiger partial charge in [0.15, 0.2) is 5.16 Å².